The van der Waals surface area contributed by atoms with Crippen LogP contribution in [0, 0.1) is 5.41 Å². The zero-order valence-electron chi connectivity index (χ0n) is 16.5. The number of imidazole rings is 1. The molecule has 0 spiro atoms. The number of methoxy groups -OCH3 is 1. The molecule has 2 N–H and O–H groups in total. The molecular weight excluding hydrogens is 326 g/mol. The molecule has 0 fully saturated rings. The third kappa shape index (κ3) is 6.19. The number of hydrogen-bond donors (Lipinski definition) is 2. The predicted octanol–water partition coefficient (Wildman–Crippen LogP) is 2.66. The van der Waals surface area contributed by atoms with Crippen molar-refractivity contribution in [3.05, 3.63) is 54.1 Å². The van der Waals surface area contributed by atoms with Gasteiger partial charge in [-0.1, -0.05) is 45.0 Å². The van der Waals surface area contributed by atoms with Crippen LogP contribution in [0.2, 0.25) is 0 Å². The minimum Gasteiger partial charge on any atom is -0.379 e. The maximum Gasteiger partial charge on any atom is 0.191 e. The SMILES string of the molecule is CN=C(NCc1ccc(Cn2ccnc2)cc1)NCC(OC)C(C)(C)C. The van der Waals surface area contributed by atoms with Crippen LogP contribution in [0.25, 0.3) is 0 Å². The molecule has 26 heavy (non-hydrogen) atoms. The average molecular weight is 358 g/mol. The number of ether oxygens (including phenoxy) is 1. The van der Waals surface area contributed by atoms with Gasteiger partial charge in [0.2, 0.25) is 0 Å². The molecule has 0 aliphatic heterocycles. The molecule has 0 aliphatic rings. The van der Waals surface area contributed by atoms with E-state index in [4.69, 9.17) is 4.74 Å². The largest absolute Gasteiger partial charge is 0.379 e. The smallest absolute Gasteiger partial charge is 0.191 e. The molecule has 2 rings (SSSR count). The molecule has 1 unspecified atom stereocenters. The van der Waals surface area contributed by atoms with Crippen molar-refractivity contribution in [1.82, 2.24) is 20.2 Å². The summed E-state index contributed by atoms with van der Waals surface area (Å²) in [6.07, 6.45) is 5.71. The lowest BCUT2D eigenvalue weighted by atomic mass is 9.89. The molecule has 0 aliphatic carbocycles. The maximum atomic E-state index is 5.58. The van der Waals surface area contributed by atoms with Crippen LogP contribution in [0.5, 0.6) is 0 Å². The molecule has 0 bridgehead atoms. The number of aliphatic imine (C=N–C) groups is 1. The van der Waals surface area contributed by atoms with E-state index in [1.165, 1.54) is 11.1 Å². The first-order valence-corrected chi connectivity index (χ1v) is 8.93. The summed E-state index contributed by atoms with van der Waals surface area (Å²) in [5, 5.41) is 6.69. The second kappa shape index (κ2) is 9.38. The van der Waals surface area contributed by atoms with Crippen molar-refractivity contribution >= 4 is 5.96 Å². The van der Waals surface area contributed by atoms with Crippen molar-refractivity contribution in [3.63, 3.8) is 0 Å². The molecule has 0 radical (unpaired) electrons. The number of rotatable bonds is 7. The van der Waals surface area contributed by atoms with Gasteiger partial charge in [0.25, 0.3) is 0 Å². The van der Waals surface area contributed by atoms with Gasteiger partial charge in [0, 0.05) is 46.2 Å². The number of hydrogen-bond acceptors (Lipinski definition) is 3. The van der Waals surface area contributed by atoms with Gasteiger partial charge in [-0.05, 0) is 16.5 Å². The molecule has 6 nitrogen and oxygen atoms in total. The summed E-state index contributed by atoms with van der Waals surface area (Å²) in [6.45, 7) is 8.78. The maximum absolute atomic E-state index is 5.58. The van der Waals surface area contributed by atoms with Gasteiger partial charge >= 0.3 is 0 Å². The second-order valence-electron chi connectivity index (χ2n) is 7.45. The fourth-order valence-electron chi connectivity index (χ4n) is 2.69. The molecule has 1 atom stereocenters. The minimum absolute atomic E-state index is 0.0751. The van der Waals surface area contributed by atoms with Crippen LogP contribution in [0.1, 0.15) is 31.9 Å². The third-order valence-corrected chi connectivity index (χ3v) is 4.34. The molecule has 6 heteroatoms. The third-order valence-electron chi connectivity index (χ3n) is 4.34. The first-order chi connectivity index (χ1) is 12.4. The van der Waals surface area contributed by atoms with Crippen LogP contribution >= 0.6 is 0 Å². The highest BCUT2D eigenvalue weighted by atomic mass is 16.5. The molecule has 0 saturated carbocycles. The summed E-state index contributed by atoms with van der Waals surface area (Å²) in [7, 11) is 3.53. The Kier molecular flexibility index (Phi) is 7.21. The van der Waals surface area contributed by atoms with Crippen molar-refractivity contribution in [1.29, 1.82) is 0 Å². The van der Waals surface area contributed by atoms with E-state index in [9.17, 15) is 0 Å². The van der Waals surface area contributed by atoms with Crippen LogP contribution in [0.3, 0.4) is 0 Å². The van der Waals surface area contributed by atoms with Crippen LogP contribution < -0.4 is 10.6 Å². The van der Waals surface area contributed by atoms with Crippen molar-refractivity contribution < 1.29 is 4.74 Å². The molecule has 0 saturated heterocycles. The monoisotopic (exact) mass is 357 g/mol. The van der Waals surface area contributed by atoms with E-state index in [1.54, 1.807) is 20.4 Å². The number of guanidine groups is 1. The predicted molar refractivity (Wildman–Crippen MR) is 106 cm³/mol. The van der Waals surface area contributed by atoms with Gasteiger partial charge in [-0.3, -0.25) is 4.99 Å². The Morgan fingerprint density at radius 1 is 1.19 bits per heavy atom. The Balaban J connectivity index is 1.82. The normalized spacial score (nSPS) is 13.5. The Morgan fingerprint density at radius 3 is 2.42 bits per heavy atom. The summed E-state index contributed by atoms with van der Waals surface area (Å²) < 4.78 is 7.63. The fourth-order valence-corrected chi connectivity index (χ4v) is 2.69. The van der Waals surface area contributed by atoms with Gasteiger partial charge in [0.1, 0.15) is 0 Å². The van der Waals surface area contributed by atoms with Crippen LogP contribution in [0.15, 0.2) is 48.0 Å². The van der Waals surface area contributed by atoms with Crippen LogP contribution in [-0.2, 0) is 17.8 Å². The Hall–Kier alpha value is -2.34. The number of benzene rings is 1. The van der Waals surface area contributed by atoms with Crippen LogP contribution in [0.4, 0.5) is 0 Å². The summed E-state index contributed by atoms with van der Waals surface area (Å²) >= 11 is 0. The number of nitrogens with one attached hydrogen (secondary N) is 2. The van der Waals surface area contributed by atoms with E-state index in [0.717, 1.165) is 19.0 Å². The van der Waals surface area contributed by atoms with Gasteiger partial charge in [-0.25, -0.2) is 4.98 Å². The zero-order valence-corrected chi connectivity index (χ0v) is 16.5. The molecule has 0 amide bonds. The van der Waals surface area contributed by atoms with Gasteiger partial charge in [-0.2, -0.15) is 0 Å². The molecule has 1 heterocycles. The Morgan fingerprint density at radius 2 is 1.88 bits per heavy atom. The van der Waals surface area contributed by atoms with Crippen molar-refractivity contribution in [2.75, 3.05) is 20.7 Å². The topological polar surface area (TPSA) is 63.5 Å². The highest BCUT2D eigenvalue weighted by molar-refractivity contribution is 5.79. The highest BCUT2D eigenvalue weighted by Gasteiger charge is 2.24. The Labute approximate surface area is 156 Å². The standard InChI is InChI=1S/C20H31N5O/c1-20(2,3)18(26-5)13-24-19(21-4)23-12-16-6-8-17(9-7-16)14-25-11-10-22-15-25/h6-11,15,18H,12-14H2,1-5H3,(H2,21,23,24). The van der Waals surface area contributed by atoms with Crippen molar-refractivity contribution in [2.45, 2.75) is 40.0 Å². The first kappa shape index (κ1) is 20.0. The quantitative estimate of drug-likeness (QED) is 0.591. The summed E-state index contributed by atoms with van der Waals surface area (Å²) in [6, 6.07) is 8.57. The summed E-state index contributed by atoms with van der Waals surface area (Å²) in [5.74, 6) is 0.777. The first-order valence-electron chi connectivity index (χ1n) is 8.93. The lowest BCUT2D eigenvalue weighted by Gasteiger charge is -2.30. The molecule has 2 aromatic rings. The van der Waals surface area contributed by atoms with E-state index >= 15 is 0 Å². The van der Waals surface area contributed by atoms with Gasteiger partial charge in [0.15, 0.2) is 5.96 Å². The van der Waals surface area contributed by atoms with E-state index in [1.807, 2.05) is 12.5 Å². The second-order valence-corrected chi connectivity index (χ2v) is 7.45. The van der Waals surface area contributed by atoms with E-state index in [-0.39, 0.29) is 11.5 Å². The molecule has 1 aromatic carbocycles. The molecule has 1 aromatic heterocycles. The fraction of sp³-hybridized carbons (Fsp3) is 0.500. The number of aromatic nitrogens is 2. The summed E-state index contributed by atoms with van der Waals surface area (Å²) in [4.78, 5) is 8.36. The molecular formula is C20H31N5O. The zero-order chi connectivity index (χ0) is 19.0. The lowest BCUT2D eigenvalue weighted by Crippen LogP contribution is -2.45. The van der Waals surface area contributed by atoms with Gasteiger partial charge in [0.05, 0.1) is 12.4 Å². The van der Waals surface area contributed by atoms with Gasteiger partial charge in [-0.15, -0.1) is 0 Å². The molecule has 142 valence electrons. The van der Waals surface area contributed by atoms with E-state index in [0.29, 0.717) is 6.54 Å². The van der Waals surface area contributed by atoms with Crippen molar-refractivity contribution in [3.8, 4) is 0 Å². The van der Waals surface area contributed by atoms with Crippen LogP contribution in [-0.4, -0.2) is 42.3 Å². The summed E-state index contributed by atoms with van der Waals surface area (Å²) in [5.41, 5.74) is 2.54. The van der Waals surface area contributed by atoms with Gasteiger partial charge < -0.3 is 19.9 Å². The minimum atomic E-state index is 0.0751. The Bertz CT molecular complexity index is 671. The highest BCUT2D eigenvalue weighted by Crippen LogP contribution is 2.20. The van der Waals surface area contributed by atoms with E-state index in [2.05, 4.69) is 70.2 Å². The lowest BCUT2D eigenvalue weighted by molar-refractivity contribution is 0.0205. The number of nitrogens with zero attached hydrogens (tertiary/aromatic N) is 3. The van der Waals surface area contributed by atoms with E-state index < -0.39 is 0 Å². The van der Waals surface area contributed by atoms with Crippen molar-refractivity contribution in [2.24, 2.45) is 10.4 Å². The average Bonchev–Trinajstić information content (AvgIpc) is 3.11.